The van der Waals surface area contributed by atoms with Crippen molar-refractivity contribution >= 4 is 11.4 Å². The Balaban J connectivity index is 1.94. The van der Waals surface area contributed by atoms with Crippen LogP contribution in [0.15, 0.2) is 24.3 Å². The van der Waals surface area contributed by atoms with E-state index in [-0.39, 0.29) is 10.6 Å². The van der Waals surface area contributed by atoms with Crippen molar-refractivity contribution in [2.75, 3.05) is 5.32 Å². The molecule has 0 saturated heterocycles. The lowest BCUT2D eigenvalue weighted by atomic mass is 9.84. The molecular weight excluding hydrogens is 228 g/mol. The minimum atomic E-state index is -0.364. The largest absolute Gasteiger partial charge is 0.382 e. The molecule has 0 spiro atoms. The van der Waals surface area contributed by atoms with Crippen molar-refractivity contribution in [3.8, 4) is 0 Å². The van der Waals surface area contributed by atoms with Gasteiger partial charge in [0.2, 0.25) is 0 Å². The van der Waals surface area contributed by atoms with E-state index >= 15 is 0 Å². The van der Waals surface area contributed by atoms with Crippen LogP contribution in [-0.2, 0) is 0 Å². The molecule has 0 aliphatic heterocycles. The average Bonchev–Trinajstić information content (AvgIpc) is 2.39. The fourth-order valence-electron chi connectivity index (χ4n) is 2.71. The van der Waals surface area contributed by atoms with Crippen molar-refractivity contribution in [2.24, 2.45) is 5.92 Å². The van der Waals surface area contributed by atoms with Gasteiger partial charge in [0, 0.05) is 23.9 Å². The molecule has 0 radical (unpaired) electrons. The second-order valence-corrected chi connectivity index (χ2v) is 5.09. The summed E-state index contributed by atoms with van der Waals surface area (Å²) in [6.07, 6.45) is 6.29. The normalized spacial score (nSPS) is 23.6. The summed E-state index contributed by atoms with van der Waals surface area (Å²) in [6.45, 7) is 2.25. The van der Waals surface area contributed by atoms with Crippen LogP contribution < -0.4 is 5.32 Å². The first-order valence-electron chi connectivity index (χ1n) is 6.70. The number of nitrogens with one attached hydrogen (secondary N) is 1. The van der Waals surface area contributed by atoms with Gasteiger partial charge >= 0.3 is 0 Å². The average molecular weight is 248 g/mol. The molecule has 0 aromatic heterocycles. The molecule has 1 aromatic carbocycles. The van der Waals surface area contributed by atoms with Gasteiger partial charge in [-0.25, -0.2) is 0 Å². The minimum Gasteiger partial charge on any atom is -0.382 e. The number of nitrogens with zero attached hydrogens (tertiary/aromatic N) is 1. The maximum absolute atomic E-state index is 10.6. The predicted octanol–water partition coefficient (Wildman–Crippen LogP) is 3.98. The van der Waals surface area contributed by atoms with Crippen LogP contribution in [0.5, 0.6) is 0 Å². The molecule has 2 unspecified atom stereocenters. The molecule has 4 heteroatoms. The van der Waals surface area contributed by atoms with Gasteiger partial charge < -0.3 is 5.32 Å². The van der Waals surface area contributed by atoms with E-state index in [2.05, 4.69) is 12.2 Å². The van der Waals surface area contributed by atoms with Crippen molar-refractivity contribution in [3.63, 3.8) is 0 Å². The summed E-state index contributed by atoms with van der Waals surface area (Å²) in [7, 11) is 0. The van der Waals surface area contributed by atoms with E-state index in [1.54, 1.807) is 24.3 Å². The zero-order valence-electron chi connectivity index (χ0n) is 10.8. The number of non-ortho nitro benzene ring substituents is 1. The van der Waals surface area contributed by atoms with Crippen LogP contribution in [0.25, 0.3) is 0 Å². The first kappa shape index (κ1) is 12.9. The highest BCUT2D eigenvalue weighted by molar-refractivity contribution is 5.49. The van der Waals surface area contributed by atoms with E-state index in [1.807, 2.05) is 0 Å². The monoisotopic (exact) mass is 248 g/mol. The fourth-order valence-corrected chi connectivity index (χ4v) is 2.71. The Morgan fingerprint density at radius 2 is 2.06 bits per heavy atom. The summed E-state index contributed by atoms with van der Waals surface area (Å²) in [6, 6.07) is 7.23. The van der Waals surface area contributed by atoms with E-state index in [1.165, 1.54) is 32.1 Å². The Kier molecular flexibility index (Phi) is 4.18. The molecule has 1 N–H and O–H groups in total. The van der Waals surface area contributed by atoms with Gasteiger partial charge in [0.15, 0.2) is 0 Å². The molecule has 0 bridgehead atoms. The molecule has 0 heterocycles. The zero-order chi connectivity index (χ0) is 13.0. The van der Waals surface area contributed by atoms with Crippen molar-refractivity contribution in [3.05, 3.63) is 34.4 Å². The van der Waals surface area contributed by atoms with Crippen molar-refractivity contribution in [1.29, 1.82) is 0 Å². The summed E-state index contributed by atoms with van der Waals surface area (Å²) < 4.78 is 0. The van der Waals surface area contributed by atoms with Crippen LogP contribution in [0.2, 0.25) is 0 Å². The lowest BCUT2D eigenvalue weighted by molar-refractivity contribution is -0.384. The predicted molar refractivity (Wildman–Crippen MR) is 72.8 cm³/mol. The van der Waals surface area contributed by atoms with Gasteiger partial charge in [-0.1, -0.05) is 26.2 Å². The number of hydrogen-bond acceptors (Lipinski definition) is 3. The molecule has 98 valence electrons. The maximum atomic E-state index is 10.6. The van der Waals surface area contributed by atoms with Crippen LogP contribution in [0, 0.1) is 16.0 Å². The SMILES string of the molecule is CCC1CCCC(Nc2ccc([N+](=O)[O-])cc2)C1. The molecule has 1 aromatic rings. The Morgan fingerprint density at radius 1 is 1.33 bits per heavy atom. The molecule has 1 aliphatic rings. The highest BCUT2D eigenvalue weighted by Gasteiger charge is 2.20. The van der Waals surface area contributed by atoms with Crippen LogP contribution in [0.1, 0.15) is 39.0 Å². The standard InChI is InChI=1S/C14H20N2O2/c1-2-11-4-3-5-13(10-11)15-12-6-8-14(9-7-12)16(17)18/h6-9,11,13,15H,2-5,10H2,1H3. The van der Waals surface area contributed by atoms with Gasteiger partial charge in [-0.15, -0.1) is 0 Å². The smallest absolute Gasteiger partial charge is 0.269 e. The quantitative estimate of drug-likeness (QED) is 0.647. The van der Waals surface area contributed by atoms with Crippen molar-refractivity contribution < 1.29 is 4.92 Å². The first-order chi connectivity index (χ1) is 8.69. The van der Waals surface area contributed by atoms with Crippen LogP contribution in [0.3, 0.4) is 0 Å². The fraction of sp³-hybridized carbons (Fsp3) is 0.571. The number of anilines is 1. The zero-order valence-corrected chi connectivity index (χ0v) is 10.8. The van der Waals surface area contributed by atoms with E-state index in [0.717, 1.165) is 11.6 Å². The summed E-state index contributed by atoms with van der Waals surface area (Å²) in [5.41, 5.74) is 1.14. The van der Waals surface area contributed by atoms with E-state index in [4.69, 9.17) is 0 Å². The summed E-state index contributed by atoms with van der Waals surface area (Å²) >= 11 is 0. The van der Waals surface area contributed by atoms with Gasteiger partial charge in [-0.05, 0) is 30.9 Å². The molecule has 18 heavy (non-hydrogen) atoms. The molecule has 1 aliphatic carbocycles. The van der Waals surface area contributed by atoms with Gasteiger partial charge in [-0.2, -0.15) is 0 Å². The second kappa shape index (κ2) is 5.85. The topological polar surface area (TPSA) is 55.2 Å². The van der Waals surface area contributed by atoms with Gasteiger partial charge in [0.25, 0.3) is 5.69 Å². The van der Waals surface area contributed by atoms with Crippen molar-refractivity contribution in [2.45, 2.75) is 45.1 Å². The van der Waals surface area contributed by atoms with Gasteiger partial charge in [-0.3, -0.25) is 10.1 Å². The van der Waals surface area contributed by atoms with Crippen LogP contribution in [0.4, 0.5) is 11.4 Å². The Bertz CT molecular complexity index is 403. The van der Waals surface area contributed by atoms with Gasteiger partial charge in [0.05, 0.1) is 4.92 Å². The molecule has 2 rings (SSSR count). The van der Waals surface area contributed by atoms with Crippen molar-refractivity contribution in [1.82, 2.24) is 0 Å². The summed E-state index contributed by atoms with van der Waals surface area (Å²) in [4.78, 5) is 10.2. The third-order valence-corrected chi connectivity index (χ3v) is 3.81. The number of nitro benzene ring substituents is 1. The van der Waals surface area contributed by atoms with E-state index in [0.29, 0.717) is 6.04 Å². The number of rotatable bonds is 4. The molecule has 1 fully saturated rings. The number of nitro groups is 1. The number of hydrogen-bond donors (Lipinski definition) is 1. The first-order valence-corrected chi connectivity index (χ1v) is 6.70. The number of benzene rings is 1. The highest BCUT2D eigenvalue weighted by Crippen LogP contribution is 2.29. The summed E-state index contributed by atoms with van der Waals surface area (Å²) in [5, 5.41) is 14.1. The van der Waals surface area contributed by atoms with Crippen LogP contribution in [-0.4, -0.2) is 11.0 Å². The molecule has 0 amide bonds. The minimum absolute atomic E-state index is 0.149. The molecule has 4 nitrogen and oxygen atoms in total. The lowest BCUT2D eigenvalue weighted by Gasteiger charge is -2.29. The molecule has 1 saturated carbocycles. The van der Waals surface area contributed by atoms with E-state index < -0.39 is 0 Å². The van der Waals surface area contributed by atoms with Gasteiger partial charge in [0.1, 0.15) is 0 Å². The Morgan fingerprint density at radius 3 is 2.67 bits per heavy atom. The molecular formula is C14H20N2O2. The Hall–Kier alpha value is -1.58. The maximum Gasteiger partial charge on any atom is 0.269 e. The van der Waals surface area contributed by atoms with Crippen LogP contribution >= 0.6 is 0 Å². The Labute approximate surface area is 108 Å². The second-order valence-electron chi connectivity index (χ2n) is 5.09. The lowest BCUT2D eigenvalue weighted by Crippen LogP contribution is -2.26. The summed E-state index contributed by atoms with van der Waals surface area (Å²) in [5.74, 6) is 0.828. The van der Waals surface area contributed by atoms with E-state index in [9.17, 15) is 10.1 Å². The highest BCUT2D eigenvalue weighted by atomic mass is 16.6. The third-order valence-electron chi connectivity index (χ3n) is 3.81. The third kappa shape index (κ3) is 3.22. The molecule has 2 atom stereocenters.